The molecule has 0 bridgehead atoms. The van der Waals surface area contributed by atoms with E-state index in [1.165, 1.54) is 51.4 Å². The van der Waals surface area contributed by atoms with E-state index in [-0.39, 0.29) is 17.8 Å². The highest BCUT2D eigenvalue weighted by molar-refractivity contribution is 6.36. The molecule has 236 valence electrons. The van der Waals surface area contributed by atoms with Crippen LogP contribution in [-0.4, -0.2) is 88.2 Å². The first kappa shape index (κ1) is 31.3. The van der Waals surface area contributed by atoms with Crippen molar-refractivity contribution < 1.29 is 24.3 Å². The lowest BCUT2D eigenvalue weighted by molar-refractivity contribution is -0.159. The van der Waals surface area contributed by atoms with Gasteiger partial charge in [0.2, 0.25) is 0 Å². The summed E-state index contributed by atoms with van der Waals surface area (Å²) in [4.78, 5) is 57.0. The minimum Gasteiger partial charge on any atom is -0.508 e. The lowest BCUT2D eigenvalue weighted by Gasteiger charge is -2.42. The van der Waals surface area contributed by atoms with Gasteiger partial charge in [0.25, 0.3) is 0 Å². The molecule has 4 fully saturated rings. The zero-order valence-corrected chi connectivity index (χ0v) is 25.7. The van der Waals surface area contributed by atoms with Gasteiger partial charge in [0, 0.05) is 38.8 Å². The SMILES string of the molecule is O=C1NC[C@@H](CCCCN2C[C@H](Cc3ccc(O)cc3)N(CC3CCCCC3)C(=O)C2=O)N(CCC2CCCCC2)C1=O. The maximum absolute atomic E-state index is 13.5. The molecule has 1 aromatic rings. The van der Waals surface area contributed by atoms with Gasteiger partial charge in [-0.1, -0.05) is 63.5 Å². The van der Waals surface area contributed by atoms with Gasteiger partial charge in [-0.05, 0) is 74.5 Å². The average Bonchev–Trinajstić information content (AvgIpc) is 3.03. The number of carbonyl (C=O) groups excluding carboxylic acids is 4. The highest BCUT2D eigenvalue weighted by Crippen LogP contribution is 2.29. The minimum atomic E-state index is -0.505. The molecular weight excluding hydrogens is 544 g/mol. The Morgan fingerprint density at radius 1 is 0.698 bits per heavy atom. The van der Waals surface area contributed by atoms with Crippen LogP contribution < -0.4 is 5.32 Å². The lowest BCUT2D eigenvalue weighted by Crippen LogP contribution is -2.61. The number of hydrogen-bond acceptors (Lipinski definition) is 5. The molecule has 0 unspecified atom stereocenters. The van der Waals surface area contributed by atoms with Crippen molar-refractivity contribution in [3.8, 4) is 5.75 Å². The van der Waals surface area contributed by atoms with Crippen molar-refractivity contribution in [1.29, 1.82) is 0 Å². The highest BCUT2D eigenvalue weighted by atomic mass is 16.3. The third-order valence-corrected chi connectivity index (χ3v) is 10.3. The van der Waals surface area contributed by atoms with Crippen LogP contribution in [0.3, 0.4) is 0 Å². The number of phenolic OH excluding ortho intramolecular Hbond substituents is 1. The number of benzene rings is 1. The summed E-state index contributed by atoms with van der Waals surface area (Å²) in [5.41, 5.74) is 1.04. The van der Waals surface area contributed by atoms with Crippen molar-refractivity contribution in [2.24, 2.45) is 11.8 Å². The first-order chi connectivity index (χ1) is 20.9. The number of carbonyl (C=O) groups is 4. The first-order valence-corrected chi connectivity index (χ1v) is 16.9. The summed E-state index contributed by atoms with van der Waals surface area (Å²) in [5.74, 6) is -0.428. The van der Waals surface area contributed by atoms with E-state index >= 15 is 0 Å². The number of hydrogen-bond donors (Lipinski definition) is 2. The zero-order valence-electron chi connectivity index (χ0n) is 25.7. The number of amides is 4. The standard InChI is InChI=1S/C34H50N4O5/c39-30-16-14-26(15-17-30)21-29-24-36(33(42)34(43)38(29)23-27-11-5-2-6-12-27)19-8-7-13-28-22-35-31(40)32(41)37(28)20-18-25-9-3-1-4-10-25/h14-17,25,27-29,39H,1-13,18-24H2,(H,35,40)/t28-,29+/m1/s1. The van der Waals surface area contributed by atoms with Crippen LogP contribution in [0.5, 0.6) is 5.75 Å². The largest absolute Gasteiger partial charge is 0.508 e. The fraction of sp³-hybridized carbons (Fsp3) is 0.706. The van der Waals surface area contributed by atoms with Gasteiger partial charge in [0.15, 0.2) is 0 Å². The molecule has 0 aromatic heterocycles. The summed E-state index contributed by atoms with van der Waals surface area (Å²) in [7, 11) is 0. The number of nitrogens with one attached hydrogen (secondary N) is 1. The summed E-state index contributed by atoms with van der Waals surface area (Å²) >= 11 is 0. The number of phenols is 1. The summed E-state index contributed by atoms with van der Waals surface area (Å²) in [6.45, 7) is 2.75. The van der Waals surface area contributed by atoms with Crippen LogP contribution in [0.1, 0.15) is 95.5 Å². The van der Waals surface area contributed by atoms with E-state index < -0.39 is 23.6 Å². The molecule has 9 nitrogen and oxygen atoms in total. The summed E-state index contributed by atoms with van der Waals surface area (Å²) < 4.78 is 0. The normalized spacial score (nSPS) is 24.5. The average molecular weight is 595 g/mol. The van der Waals surface area contributed by atoms with E-state index in [4.69, 9.17) is 0 Å². The second kappa shape index (κ2) is 15.1. The third kappa shape index (κ3) is 8.30. The van der Waals surface area contributed by atoms with Gasteiger partial charge in [-0.25, -0.2) is 0 Å². The van der Waals surface area contributed by atoms with Crippen LogP contribution in [-0.2, 0) is 25.6 Å². The van der Waals surface area contributed by atoms with Gasteiger partial charge in [-0.15, -0.1) is 0 Å². The van der Waals surface area contributed by atoms with E-state index in [1.807, 2.05) is 17.0 Å². The van der Waals surface area contributed by atoms with Crippen LogP contribution >= 0.6 is 0 Å². The molecule has 43 heavy (non-hydrogen) atoms. The molecule has 4 aliphatic rings. The molecule has 2 atom stereocenters. The van der Waals surface area contributed by atoms with Gasteiger partial charge < -0.3 is 25.1 Å². The molecule has 0 spiro atoms. The molecule has 2 saturated heterocycles. The maximum atomic E-state index is 13.5. The van der Waals surface area contributed by atoms with Crippen molar-refractivity contribution >= 4 is 23.6 Å². The topological polar surface area (TPSA) is 110 Å². The van der Waals surface area contributed by atoms with Crippen molar-refractivity contribution in [1.82, 2.24) is 20.0 Å². The number of rotatable bonds is 12. The zero-order chi connectivity index (χ0) is 30.2. The van der Waals surface area contributed by atoms with E-state index in [0.717, 1.165) is 44.1 Å². The van der Waals surface area contributed by atoms with Crippen LogP contribution in [0.15, 0.2) is 24.3 Å². The van der Waals surface area contributed by atoms with E-state index in [0.29, 0.717) is 51.0 Å². The fourth-order valence-corrected chi connectivity index (χ4v) is 7.73. The lowest BCUT2D eigenvalue weighted by atomic mass is 9.86. The first-order valence-electron chi connectivity index (χ1n) is 16.9. The van der Waals surface area contributed by atoms with E-state index in [9.17, 15) is 24.3 Å². The van der Waals surface area contributed by atoms with Gasteiger partial charge in [-0.2, -0.15) is 0 Å². The Morgan fingerprint density at radius 3 is 2.07 bits per heavy atom. The summed E-state index contributed by atoms with van der Waals surface area (Å²) in [5, 5.41) is 12.5. The van der Waals surface area contributed by atoms with Gasteiger partial charge in [0.1, 0.15) is 5.75 Å². The second-order valence-electron chi connectivity index (χ2n) is 13.4. The minimum absolute atomic E-state index is 0.0271. The molecule has 2 heterocycles. The molecule has 5 rings (SSSR count). The monoisotopic (exact) mass is 594 g/mol. The highest BCUT2D eigenvalue weighted by Gasteiger charge is 2.40. The molecule has 4 amide bonds. The fourth-order valence-electron chi connectivity index (χ4n) is 7.73. The van der Waals surface area contributed by atoms with Crippen molar-refractivity contribution in [2.75, 3.05) is 32.7 Å². The molecular formula is C34H50N4O5. The van der Waals surface area contributed by atoms with Gasteiger partial charge >= 0.3 is 23.6 Å². The Morgan fingerprint density at radius 2 is 1.37 bits per heavy atom. The Balaban J connectivity index is 1.16. The van der Waals surface area contributed by atoms with Crippen LogP contribution in [0.2, 0.25) is 0 Å². The quantitative estimate of drug-likeness (QED) is 0.281. The second-order valence-corrected chi connectivity index (χ2v) is 13.4. The number of nitrogens with zero attached hydrogens (tertiary/aromatic N) is 3. The summed E-state index contributed by atoms with van der Waals surface area (Å²) in [6.07, 6.45) is 16.0. The van der Waals surface area contributed by atoms with Crippen LogP contribution in [0, 0.1) is 11.8 Å². The predicted molar refractivity (Wildman–Crippen MR) is 164 cm³/mol. The molecule has 2 N–H and O–H groups in total. The van der Waals surface area contributed by atoms with E-state index in [1.54, 1.807) is 21.9 Å². The maximum Gasteiger partial charge on any atom is 0.312 e. The van der Waals surface area contributed by atoms with Crippen LogP contribution in [0.25, 0.3) is 0 Å². The van der Waals surface area contributed by atoms with Crippen molar-refractivity contribution in [3.05, 3.63) is 29.8 Å². The molecule has 2 saturated carbocycles. The Bertz CT molecular complexity index is 1110. The van der Waals surface area contributed by atoms with Crippen molar-refractivity contribution in [3.63, 3.8) is 0 Å². The Kier molecular flexibility index (Phi) is 11.0. The van der Waals surface area contributed by atoms with E-state index in [2.05, 4.69) is 5.32 Å². The molecule has 9 heteroatoms. The molecule has 2 aliphatic carbocycles. The predicted octanol–water partition coefficient (Wildman–Crippen LogP) is 4.02. The van der Waals surface area contributed by atoms with Crippen LogP contribution in [0.4, 0.5) is 0 Å². The number of aromatic hydroxyl groups is 1. The molecule has 0 radical (unpaired) electrons. The molecule has 1 aromatic carbocycles. The number of piperazine rings is 2. The van der Waals surface area contributed by atoms with Crippen molar-refractivity contribution in [2.45, 2.75) is 108 Å². The summed E-state index contributed by atoms with van der Waals surface area (Å²) in [6, 6.07) is 7.00. The van der Waals surface area contributed by atoms with Gasteiger partial charge in [-0.3, -0.25) is 19.2 Å². The smallest absolute Gasteiger partial charge is 0.312 e. The Labute approximate surface area is 256 Å². The molecule has 2 aliphatic heterocycles. The number of unbranched alkanes of at least 4 members (excludes halogenated alkanes) is 1. The third-order valence-electron chi connectivity index (χ3n) is 10.3. The van der Waals surface area contributed by atoms with Gasteiger partial charge in [0.05, 0.1) is 6.04 Å². The Hall–Kier alpha value is -3.10.